The Kier molecular flexibility index (Phi) is 4.95. The molecule has 5 rings (SSSR count). The van der Waals surface area contributed by atoms with E-state index in [9.17, 15) is 9.59 Å². The number of aromatic nitrogens is 3. The molecule has 1 aromatic carbocycles. The zero-order valence-corrected chi connectivity index (χ0v) is 16.8. The average molecular weight is 415 g/mol. The second-order valence-electron chi connectivity index (χ2n) is 7.41. The maximum atomic E-state index is 13.4. The molecule has 1 fully saturated rings. The third kappa shape index (κ3) is 3.68. The van der Waals surface area contributed by atoms with E-state index in [1.165, 1.54) is 6.26 Å². The average Bonchev–Trinajstić information content (AvgIpc) is 3.36. The number of piperazine rings is 1. The van der Waals surface area contributed by atoms with Crippen LogP contribution in [0.5, 0.6) is 0 Å². The molecule has 4 heterocycles. The van der Waals surface area contributed by atoms with Crippen LogP contribution >= 0.6 is 0 Å². The predicted octanol–water partition coefficient (Wildman–Crippen LogP) is 2.40. The lowest BCUT2D eigenvalue weighted by atomic mass is 10.2. The molecule has 1 saturated heterocycles. The number of hydrogen-bond donors (Lipinski definition) is 0. The second kappa shape index (κ2) is 8.06. The summed E-state index contributed by atoms with van der Waals surface area (Å²) in [7, 11) is 0. The minimum Gasteiger partial charge on any atom is -0.459 e. The standard InChI is InChI=1S/C23H21N5O3/c29-22(19-9-5-15-31-19)27-13-11-26(12-14-27)21-23(30)28(16-17-6-2-1-3-7-17)20-18(25-21)8-4-10-24-20/h1-10,15H,11-14,16H2. The lowest BCUT2D eigenvalue weighted by Crippen LogP contribution is -2.50. The van der Waals surface area contributed by atoms with Gasteiger partial charge in [0.05, 0.1) is 12.8 Å². The van der Waals surface area contributed by atoms with Gasteiger partial charge in [0.25, 0.3) is 11.5 Å². The first-order chi connectivity index (χ1) is 15.2. The fourth-order valence-corrected chi connectivity index (χ4v) is 3.86. The van der Waals surface area contributed by atoms with Crippen LogP contribution in [0.25, 0.3) is 11.2 Å². The lowest BCUT2D eigenvalue weighted by molar-refractivity contribution is 0.0714. The van der Waals surface area contributed by atoms with Gasteiger partial charge >= 0.3 is 0 Å². The van der Waals surface area contributed by atoms with Crippen molar-refractivity contribution in [2.45, 2.75) is 6.54 Å². The minimum absolute atomic E-state index is 0.137. The Labute approximate surface area is 178 Å². The number of carbonyl (C=O) groups is 1. The highest BCUT2D eigenvalue weighted by Gasteiger charge is 2.26. The van der Waals surface area contributed by atoms with Crippen LogP contribution in [0, 0.1) is 0 Å². The van der Waals surface area contributed by atoms with E-state index in [2.05, 4.69) is 9.97 Å². The van der Waals surface area contributed by atoms with Gasteiger partial charge in [-0.15, -0.1) is 0 Å². The molecule has 0 aliphatic carbocycles. The summed E-state index contributed by atoms with van der Waals surface area (Å²) in [5.41, 5.74) is 2.07. The van der Waals surface area contributed by atoms with Gasteiger partial charge in [0, 0.05) is 32.4 Å². The summed E-state index contributed by atoms with van der Waals surface area (Å²) >= 11 is 0. The number of fused-ring (bicyclic) bond motifs is 1. The minimum atomic E-state index is -0.180. The Morgan fingerprint density at radius 1 is 0.968 bits per heavy atom. The molecule has 0 saturated carbocycles. The highest BCUT2D eigenvalue weighted by atomic mass is 16.3. The van der Waals surface area contributed by atoms with Gasteiger partial charge in [-0.05, 0) is 29.8 Å². The molecule has 1 amide bonds. The zero-order chi connectivity index (χ0) is 21.2. The van der Waals surface area contributed by atoms with Gasteiger partial charge in [-0.2, -0.15) is 0 Å². The van der Waals surface area contributed by atoms with Crippen LogP contribution in [-0.4, -0.2) is 51.5 Å². The van der Waals surface area contributed by atoms with Crippen LogP contribution in [0.1, 0.15) is 16.1 Å². The molecule has 1 aliphatic heterocycles. The monoisotopic (exact) mass is 415 g/mol. The van der Waals surface area contributed by atoms with E-state index in [4.69, 9.17) is 4.42 Å². The summed E-state index contributed by atoms with van der Waals surface area (Å²) in [6.45, 7) is 2.44. The van der Waals surface area contributed by atoms with Gasteiger partial charge in [-0.25, -0.2) is 9.97 Å². The molecule has 0 unspecified atom stereocenters. The molecule has 8 nitrogen and oxygen atoms in total. The van der Waals surface area contributed by atoms with E-state index in [1.807, 2.05) is 47.4 Å². The molecule has 0 N–H and O–H groups in total. The third-order valence-electron chi connectivity index (χ3n) is 5.47. The molecule has 3 aromatic heterocycles. The number of hydrogen-bond acceptors (Lipinski definition) is 6. The van der Waals surface area contributed by atoms with Crippen molar-refractivity contribution in [3.05, 3.63) is 88.7 Å². The Morgan fingerprint density at radius 3 is 2.52 bits per heavy atom. The molecule has 8 heteroatoms. The van der Waals surface area contributed by atoms with Crippen molar-refractivity contribution in [1.82, 2.24) is 19.4 Å². The van der Waals surface area contributed by atoms with Crippen LogP contribution in [-0.2, 0) is 6.54 Å². The molecule has 0 atom stereocenters. The molecule has 0 bridgehead atoms. The van der Waals surface area contributed by atoms with E-state index in [0.717, 1.165) is 5.56 Å². The summed E-state index contributed by atoms with van der Waals surface area (Å²) in [4.78, 5) is 38.7. The summed E-state index contributed by atoms with van der Waals surface area (Å²) in [5.74, 6) is 0.580. The third-order valence-corrected chi connectivity index (χ3v) is 5.47. The fourth-order valence-electron chi connectivity index (χ4n) is 3.86. The summed E-state index contributed by atoms with van der Waals surface area (Å²) in [5, 5.41) is 0. The van der Waals surface area contributed by atoms with Gasteiger partial charge in [0.15, 0.2) is 17.2 Å². The van der Waals surface area contributed by atoms with E-state index >= 15 is 0 Å². The molecule has 4 aromatic rings. The van der Waals surface area contributed by atoms with Crippen LogP contribution in [0.15, 0.2) is 76.3 Å². The summed E-state index contributed by atoms with van der Waals surface area (Å²) in [6, 6.07) is 16.9. The molecule has 0 radical (unpaired) electrons. The Hall–Kier alpha value is -3.94. The molecule has 1 aliphatic rings. The Bertz CT molecular complexity index is 1260. The van der Waals surface area contributed by atoms with E-state index in [1.54, 1.807) is 27.8 Å². The topological polar surface area (TPSA) is 84.5 Å². The zero-order valence-electron chi connectivity index (χ0n) is 16.8. The molecule has 0 spiro atoms. The molecular formula is C23H21N5O3. The van der Waals surface area contributed by atoms with Gasteiger partial charge in [0.1, 0.15) is 5.52 Å². The van der Waals surface area contributed by atoms with E-state index < -0.39 is 0 Å². The smallest absolute Gasteiger partial charge is 0.295 e. The van der Waals surface area contributed by atoms with Crippen LogP contribution in [0.2, 0.25) is 0 Å². The van der Waals surface area contributed by atoms with Crippen LogP contribution < -0.4 is 10.5 Å². The number of nitrogens with zero attached hydrogens (tertiary/aromatic N) is 5. The van der Waals surface area contributed by atoms with Crippen molar-refractivity contribution in [3.8, 4) is 0 Å². The second-order valence-corrected chi connectivity index (χ2v) is 7.41. The normalized spacial score (nSPS) is 14.2. The van der Waals surface area contributed by atoms with Crippen molar-refractivity contribution < 1.29 is 9.21 Å². The first kappa shape index (κ1) is 19.0. The first-order valence-electron chi connectivity index (χ1n) is 10.2. The van der Waals surface area contributed by atoms with Crippen molar-refractivity contribution in [2.24, 2.45) is 0 Å². The van der Waals surface area contributed by atoms with Gasteiger partial charge in [-0.1, -0.05) is 30.3 Å². The molecule has 31 heavy (non-hydrogen) atoms. The van der Waals surface area contributed by atoms with E-state index in [-0.39, 0.29) is 11.5 Å². The highest BCUT2D eigenvalue weighted by Crippen LogP contribution is 2.17. The SMILES string of the molecule is O=C(c1ccco1)N1CCN(c2nc3cccnc3n(Cc3ccccc3)c2=O)CC1. The lowest BCUT2D eigenvalue weighted by Gasteiger charge is -2.34. The summed E-state index contributed by atoms with van der Waals surface area (Å²) in [6.07, 6.45) is 3.16. The predicted molar refractivity (Wildman–Crippen MR) is 116 cm³/mol. The Balaban J connectivity index is 1.45. The largest absolute Gasteiger partial charge is 0.459 e. The van der Waals surface area contributed by atoms with E-state index in [0.29, 0.717) is 55.5 Å². The maximum Gasteiger partial charge on any atom is 0.295 e. The number of benzene rings is 1. The quantitative estimate of drug-likeness (QED) is 0.509. The first-order valence-corrected chi connectivity index (χ1v) is 10.2. The number of carbonyl (C=O) groups excluding carboxylic acids is 1. The molecular weight excluding hydrogens is 394 g/mol. The van der Waals surface area contributed by atoms with Crippen molar-refractivity contribution in [3.63, 3.8) is 0 Å². The van der Waals surface area contributed by atoms with Gasteiger partial charge < -0.3 is 14.2 Å². The highest BCUT2D eigenvalue weighted by molar-refractivity contribution is 5.91. The number of amides is 1. The number of furan rings is 1. The van der Waals surface area contributed by atoms with Crippen molar-refractivity contribution >= 4 is 22.9 Å². The van der Waals surface area contributed by atoms with Crippen molar-refractivity contribution in [2.75, 3.05) is 31.1 Å². The number of anilines is 1. The number of pyridine rings is 1. The van der Waals surface area contributed by atoms with Crippen LogP contribution in [0.3, 0.4) is 0 Å². The van der Waals surface area contributed by atoms with Gasteiger partial charge in [-0.3, -0.25) is 14.2 Å². The maximum absolute atomic E-state index is 13.4. The summed E-state index contributed by atoms with van der Waals surface area (Å²) < 4.78 is 6.90. The van der Waals surface area contributed by atoms with Gasteiger partial charge in [0.2, 0.25) is 0 Å². The number of rotatable bonds is 4. The van der Waals surface area contributed by atoms with Crippen molar-refractivity contribution in [1.29, 1.82) is 0 Å². The van der Waals surface area contributed by atoms with Crippen LogP contribution in [0.4, 0.5) is 5.82 Å². The fraction of sp³-hybridized carbons (Fsp3) is 0.217. The molecule has 156 valence electrons. The Morgan fingerprint density at radius 2 is 1.77 bits per heavy atom.